The zero-order chi connectivity index (χ0) is 13.8. The Morgan fingerprint density at radius 3 is 2.95 bits per heavy atom. The van der Waals surface area contributed by atoms with Gasteiger partial charge in [0.25, 0.3) is 5.56 Å². The monoisotopic (exact) mass is 272 g/mol. The molecule has 0 bridgehead atoms. The Balaban J connectivity index is 1.51. The van der Waals surface area contributed by atoms with Gasteiger partial charge in [-0.3, -0.25) is 4.79 Å². The average molecular weight is 272 g/mol. The molecule has 20 heavy (non-hydrogen) atoms. The average Bonchev–Trinajstić information content (AvgIpc) is 2.93. The first-order valence-electron chi connectivity index (χ1n) is 6.58. The summed E-state index contributed by atoms with van der Waals surface area (Å²) in [5, 5.41) is 3.31. The molecule has 2 aromatic rings. The van der Waals surface area contributed by atoms with Crippen LogP contribution in [0.15, 0.2) is 47.4 Å². The summed E-state index contributed by atoms with van der Waals surface area (Å²) in [6.07, 6.45) is 1.80. The maximum absolute atomic E-state index is 11.5. The van der Waals surface area contributed by atoms with Gasteiger partial charge >= 0.3 is 0 Å². The first-order valence-corrected chi connectivity index (χ1v) is 6.58. The largest absolute Gasteiger partial charge is 0.454 e. The third-order valence-electron chi connectivity index (χ3n) is 3.19. The van der Waals surface area contributed by atoms with E-state index in [-0.39, 0.29) is 5.56 Å². The van der Waals surface area contributed by atoms with Crippen molar-refractivity contribution in [2.75, 3.05) is 13.3 Å². The van der Waals surface area contributed by atoms with Crippen LogP contribution < -0.4 is 20.3 Å². The molecule has 1 aromatic carbocycles. The molecule has 5 heteroatoms. The van der Waals surface area contributed by atoms with E-state index in [4.69, 9.17) is 9.47 Å². The molecule has 0 fully saturated rings. The third-order valence-corrected chi connectivity index (χ3v) is 3.19. The highest BCUT2D eigenvalue weighted by molar-refractivity contribution is 5.44. The zero-order valence-electron chi connectivity index (χ0n) is 11.0. The topological polar surface area (TPSA) is 52.5 Å². The predicted octanol–water partition coefficient (Wildman–Crippen LogP) is 1.37. The van der Waals surface area contributed by atoms with Gasteiger partial charge < -0.3 is 19.4 Å². The lowest BCUT2D eigenvalue weighted by atomic mass is 10.2. The van der Waals surface area contributed by atoms with E-state index < -0.39 is 0 Å². The summed E-state index contributed by atoms with van der Waals surface area (Å²) in [5.41, 5.74) is 1.16. The number of aromatic nitrogens is 1. The van der Waals surface area contributed by atoms with Crippen molar-refractivity contribution in [1.29, 1.82) is 0 Å². The van der Waals surface area contributed by atoms with Gasteiger partial charge in [0.05, 0.1) is 0 Å². The summed E-state index contributed by atoms with van der Waals surface area (Å²) < 4.78 is 12.3. The minimum atomic E-state index is 0.0254. The lowest BCUT2D eigenvalue weighted by molar-refractivity contribution is 0.174. The first kappa shape index (κ1) is 12.7. The van der Waals surface area contributed by atoms with Gasteiger partial charge in [-0.2, -0.15) is 0 Å². The molecule has 0 unspecified atom stereocenters. The van der Waals surface area contributed by atoms with Crippen molar-refractivity contribution in [1.82, 2.24) is 9.88 Å². The van der Waals surface area contributed by atoms with Gasteiger partial charge in [0.2, 0.25) is 6.79 Å². The van der Waals surface area contributed by atoms with Crippen LogP contribution in [-0.4, -0.2) is 17.9 Å². The van der Waals surface area contributed by atoms with E-state index in [1.807, 2.05) is 24.3 Å². The minimum absolute atomic E-state index is 0.0254. The summed E-state index contributed by atoms with van der Waals surface area (Å²) in [7, 11) is 0. The molecule has 3 rings (SSSR count). The molecule has 104 valence electrons. The summed E-state index contributed by atoms with van der Waals surface area (Å²) in [6, 6.07) is 11.1. The van der Waals surface area contributed by atoms with Crippen LogP contribution in [-0.2, 0) is 13.1 Å². The second-order valence-corrected chi connectivity index (χ2v) is 4.60. The number of hydrogen-bond acceptors (Lipinski definition) is 4. The number of fused-ring (bicyclic) bond motifs is 1. The van der Waals surface area contributed by atoms with E-state index in [9.17, 15) is 4.79 Å². The van der Waals surface area contributed by atoms with Gasteiger partial charge in [-0.05, 0) is 23.8 Å². The normalized spacial score (nSPS) is 12.6. The van der Waals surface area contributed by atoms with E-state index >= 15 is 0 Å². The third kappa shape index (κ3) is 2.83. The molecule has 1 N–H and O–H groups in total. The van der Waals surface area contributed by atoms with Gasteiger partial charge in [-0.15, -0.1) is 0 Å². The number of benzene rings is 1. The highest BCUT2D eigenvalue weighted by Crippen LogP contribution is 2.32. The molecule has 1 aromatic heterocycles. The van der Waals surface area contributed by atoms with Crippen LogP contribution in [0.4, 0.5) is 0 Å². The lowest BCUT2D eigenvalue weighted by Gasteiger charge is -2.07. The van der Waals surface area contributed by atoms with E-state index in [0.717, 1.165) is 30.2 Å². The molecule has 2 heterocycles. The summed E-state index contributed by atoms with van der Waals surface area (Å²) >= 11 is 0. The Morgan fingerprint density at radius 2 is 2.05 bits per heavy atom. The molecular weight excluding hydrogens is 256 g/mol. The molecule has 0 radical (unpaired) electrons. The van der Waals surface area contributed by atoms with E-state index in [1.165, 1.54) is 0 Å². The maximum Gasteiger partial charge on any atom is 0.250 e. The van der Waals surface area contributed by atoms with Crippen molar-refractivity contribution in [2.45, 2.75) is 13.1 Å². The predicted molar refractivity (Wildman–Crippen MR) is 75.0 cm³/mol. The van der Waals surface area contributed by atoms with Gasteiger partial charge in [0, 0.05) is 31.9 Å². The van der Waals surface area contributed by atoms with Crippen molar-refractivity contribution < 1.29 is 9.47 Å². The Morgan fingerprint density at radius 1 is 1.15 bits per heavy atom. The molecule has 0 saturated carbocycles. The van der Waals surface area contributed by atoms with Crippen LogP contribution in [0.1, 0.15) is 5.56 Å². The summed E-state index contributed by atoms with van der Waals surface area (Å²) in [4.78, 5) is 11.5. The number of pyridine rings is 1. The quantitative estimate of drug-likeness (QED) is 0.835. The van der Waals surface area contributed by atoms with E-state index in [1.54, 1.807) is 22.9 Å². The Hall–Kier alpha value is -2.27. The highest BCUT2D eigenvalue weighted by atomic mass is 16.7. The molecule has 5 nitrogen and oxygen atoms in total. The smallest absolute Gasteiger partial charge is 0.250 e. The highest BCUT2D eigenvalue weighted by Gasteiger charge is 2.12. The molecule has 0 spiro atoms. The number of rotatable bonds is 5. The second-order valence-electron chi connectivity index (χ2n) is 4.60. The molecule has 0 amide bonds. The Labute approximate surface area is 116 Å². The second kappa shape index (κ2) is 5.79. The first-order chi connectivity index (χ1) is 9.83. The summed E-state index contributed by atoms with van der Waals surface area (Å²) in [6.45, 7) is 2.42. The van der Waals surface area contributed by atoms with Crippen molar-refractivity contribution in [3.63, 3.8) is 0 Å². The fraction of sp³-hybridized carbons (Fsp3) is 0.267. The van der Waals surface area contributed by atoms with Crippen LogP contribution in [0.5, 0.6) is 11.5 Å². The Kier molecular flexibility index (Phi) is 3.69. The zero-order valence-corrected chi connectivity index (χ0v) is 11.0. The fourth-order valence-corrected chi connectivity index (χ4v) is 2.13. The lowest BCUT2D eigenvalue weighted by Crippen LogP contribution is -2.25. The van der Waals surface area contributed by atoms with Crippen LogP contribution in [0.2, 0.25) is 0 Å². The van der Waals surface area contributed by atoms with Gasteiger partial charge in [-0.25, -0.2) is 0 Å². The standard InChI is InChI=1S/C15H16N2O3/c18-15-3-1-2-7-17(15)8-6-16-10-12-4-5-13-14(9-12)20-11-19-13/h1-5,7,9,16H,6,8,10-11H2. The van der Waals surface area contributed by atoms with Gasteiger partial charge in [0.15, 0.2) is 11.5 Å². The van der Waals surface area contributed by atoms with Gasteiger partial charge in [-0.1, -0.05) is 12.1 Å². The van der Waals surface area contributed by atoms with Crippen molar-refractivity contribution >= 4 is 0 Å². The van der Waals surface area contributed by atoms with Crippen molar-refractivity contribution in [3.05, 3.63) is 58.5 Å². The number of nitrogens with one attached hydrogen (secondary N) is 1. The Bertz CT molecular complexity index is 652. The van der Waals surface area contributed by atoms with E-state index in [0.29, 0.717) is 13.3 Å². The SMILES string of the molecule is O=c1ccccn1CCNCc1ccc2c(c1)OCO2. The van der Waals surface area contributed by atoms with E-state index in [2.05, 4.69) is 5.32 Å². The molecule has 1 aliphatic rings. The minimum Gasteiger partial charge on any atom is -0.454 e. The van der Waals surface area contributed by atoms with Crippen LogP contribution in [0, 0.1) is 0 Å². The van der Waals surface area contributed by atoms with Crippen molar-refractivity contribution in [2.24, 2.45) is 0 Å². The fourth-order valence-electron chi connectivity index (χ4n) is 2.13. The molecular formula is C15H16N2O3. The number of hydrogen-bond donors (Lipinski definition) is 1. The molecule has 0 aliphatic carbocycles. The molecule has 1 aliphatic heterocycles. The number of nitrogens with zero attached hydrogens (tertiary/aromatic N) is 1. The van der Waals surface area contributed by atoms with Crippen LogP contribution in [0.25, 0.3) is 0 Å². The van der Waals surface area contributed by atoms with Crippen LogP contribution >= 0.6 is 0 Å². The van der Waals surface area contributed by atoms with Gasteiger partial charge in [0.1, 0.15) is 0 Å². The molecule has 0 atom stereocenters. The number of ether oxygens (including phenoxy) is 2. The van der Waals surface area contributed by atoms with Crippen LogP contribution in [0.3, 0.4) is 0 Å². The maximum atomic E-state index is 11.5. The summed E-state index contributed by atoms with van der Waals surface area (Å²) in [5.74, 6) is 1.59. The molecule has 0 saturated heterocycles. The van der Waals surface area contributed by atoms with Crippen molar-refractivity contribution in [3.8, 4) is 11.5 Å².